The van der Waals surface area contributed by atoms with Gasteiger partial charge in [-0.05, 0) is 37.1 Å². The van der Waals surface area contributed by atoms with Crippen molar-refractivity contribution in [3.8, 4) is 5.69 Å². The van der Waals surface area contributed by atoms with Gasteiger partial charge >= 0.3 is 0 Å². The number of aromatic nitrogens is 2. The number of nitrogens with two attached hydrogens (primary N) is 1. The molecule has 22 heavy (non-hydrogen) atoms. The molecule has 0 radical (unpaired) electrons. The zero-order valence-electron chi connectivity index (χ0n) is 12.0. The van der Waals surface area contributed by atoms with E-state index in [4.69, 9.17) is 10.5 Å². The van der Waals surface area contributed by atoms with Crippen LogP contribution in [0.25, 0.3) is 5.69 Å². The van der Waals surface area contributed by atoms with Crippen LogP contribution in [0, 0.1) is 11.7 Å². The van der Waals surface area contributed by atoms with E-state index in [0.29, 0.717) is 43.2 Å². The molecular weight excluding hydrogens is 287 g/mol. The lowest BCUT2D eigenvalue weighted by atomic mass is 9.99. The molecule has 1 aliphatic rings. The Morgan fingerprint density at radius 2 is 2.00 bits per heavy atom. The average Bonchev–Trinajstić information content (AvgIpc) is 2.90. The number of nitrogens with one attached hydrogen (secondary N) is 1. The molecule has 2 aromatic rings. The predicted octanol–water partition coefficient (Wildman–Crippen LogP) is 1.96. The molecule has 0 bridgehead atoms. The first-order valence-electron chi connectivity index (χ1n) is 7.13. The van der Waals surface area contributed by atoms with Crippen molar-refractivity contribution in [3.05, 3.63) is 36.3 Å². The van der Waals surface area contributed by atoms with Crippen LogP contribution in [0.2, 0.25) is 0 Å². The molecule has 0 atom stereocenters. The number of ether oxygens (including phenoxy) is 1. The quantitative estimate of drug-likeness (QED) is 0.908. The van der Waals surface area contributed by atoms with Gasteiger partial charge in [-0.3, -0.25) is 4.79 Å². The van der Waals surface area contributed by atoms with Gasteiger partial charge in [0.05, 0.1) is 17.6 Å². The highest BCUT2D eigenvalue weighted by molar-refractivity contribution is 5.94. The van der Waals surface area contributed by atoms with Crippen molar-refractivity contribution in [3.63, 3.8) is 0 Å². The maximum Gasteiger partial charge on any atom is 0.228 e. The highest BCUT2D eigenvalue weighted by Gasteiger charge is 2.23. The fourth-order valence-electron chi connectivity index (χ4n) is 2.39. The summed E-state index contributed by atoms with van der Waals surface area (Å²) >= 11 is 0. The van der Waals surface area contributed by atoms with E-state index in [0.717, 1.165) is 0 Å². The van der Waals surface area contributed by atoms with Gasteiger partial charge in [-0.25, -0.2) is 9.07 Å². The molecule has 1 aromatic carbocycles. The monoisotopic (exact) mass is 304 g/mol. The summed E-state index contributed by atoms with van der Waals surface area (Å²) in [4.78, 5) is 12.2. The fourth-order valence-corrected chi connectivity index (χ4v) is 2.39. The second-order valence-corrected chi connectivity index (χ2v) is 5.23. The van der Waals surface area contributed by atoms with E-state index in [1.807, 2.05) is 0 Å². The summed E-state index contributed by atoms with van der Waals surface area (Å²) < 4.78 is 19.7. The van der Waals surface area contributed by atoms with Crippen LogP contribution < -0.4 is 11.1 Å². The predicted molar refractivity (Wildman–Crippen MR) is 80.1 cm³/mol. The Labute approximate surface area is 127 Å². The van der Waals surface area contributed by atoms with Gasteiger partial charge < -0.3 is 15.8 Å². The van der Waals surface area contributed by atoms with Crippen molar-refractivity contribution in [2.45, 2.75) is 12.8 Å². The Kier molecular flexibility index (Phi) is 4.06. The zero-order chi connectivity index (χ0) is 15.5. The lowest BCUT2D eigenvalue weighted by Crippen LogP contribution is -2.28. The van der Waals surface area contributed by atoms with E-state index in [2.05, 4.69) is 10.4 Å². The minimum atomic E-state index is -0.322. The Morgan fingerprint density at radius 3 is 2.68 bits per heavy atom. The number of halogens is 1. The van der Waals surface area contributed by atoms with Crippen molar-refractivity contribution < 1.29 is 13.9 Å². The van der Waals surface area contributed by atoms with Crippen molar-refractivity contribution >= 4 is 17.4 Å². The zero-order valence-corrected chi connectivity index (χ0v) is 12.0. The summed E-state index contributed by atoms with van der Waals surface area (Å²) in [5.74, 6) is -0.179. The summed E-state index contributed by atoms with van der Waals surface area (Å²) in [6, 6.07) is 5.86. The Bertz CT molecular complexity index is 663. The first-order chi connectivity index (χ1) is 10.6. The molecule has 7 heteroatoms. The molecule has 1 fully saturated rings. The minimum absolute atomic E-state index is 0.0795. The summed E-state index contributed by atoms with van der Waals surface area (Å²) in [5.41, 5.74) is 6.92. The van der Waals surface area contributed by atoms with Gasteiger partial charge in [0.2, 0.25) is 5.91 Å². The van der Waals surface area contributed by atoms with E-state index < -0.39 is 0 Å². The molecule has 0 unspecified atom stereocenters. The van der Waals surface area contributed by atoms with Gasteiger partial charge in [0.25, 0.3) is 0 Å². The molecule has 1 amide bonds. The molecular formula is C15H17FN4O2. The highest BCUT2D eigenvalue weighted by Crippen LogP contribution is 2.22. The van der Waals surface area contributed by atoms with Gasteiger partial charge in [-0.1, -0.05) is 0 Å². The third kappa shape index (κ3) is 3.09. The van der Waals surface area contributed by atoms with Gasteiger partial charge in [0.1, 0.15) is 5.82 Å². The summed E-state index contributed by atoms with van der Waals surface area (Å²) in [7, 11) is 0. The maximum absolute atomic E-state index is 12.9. The molecule has 0 saturated carbocycles. The van der Waals surface area contributed by atoms with E-state index in [-0.39, 0.29) is 17.6 Å². The topological polar surface area (TPSA) is 82.2 Å². The van der Waals surface area contributed by atoms with Gasteiger partial charge in [-0.15, -0.1) is 5.10 Å². The van der Waals surface area contributed by atoms with Crippen molar-refractivity contribution in [2.75, 3.05) is 24.3 Å². The molecule has 1 aromatic heterocycles. The number of nitrogen functional groups attached to an aromatic ring is 1. The molecule has 6 nitrogen and oxygen atoms in total. The third-order valence-corrected chi connectivity index (χ3v) is 3.67. The van der Waals surface area contributed by atoms with Crippen molar-refractivity contribution in [1.82, 2.24) is 9.78 Å². The van der Waals surface area contributed by atoms with Gasteiger partial charge in [-0.2, -0.15) is 0 Å². The molecule has 3 N–H and O–H groups in total. The van der Waals surface area contributed by atoms with Crippen LogP contribution in [0.1, 0.15) is 12.8 Å². The molecule has 1 aliphatic heterocycles. The molecule has 0 spiro atoms. The van der Waals surface area contributed by atoms with Crippen molar-refractivity contribution in [1.29, 1.82) is 0 Å². The number of amides is 1. The lowest BCUT2D eigenvalue weighted by Gasteiger charge is -2.20. The first kappa shape index (κ1) is 14.5. The number of carbonyl (C=O) groups is 1. The van der Waals surface area contributed by atoms with Crippen LogP contribution in [0.5, 0.6) is 0 Å². The first-order valence-corrected chi connectivity index (χ1v) is 7.13. The largest absolute Gasteiger partial charge is 0.394 e. The summed E-state index contributed by atoms with van der Waals surface area (Å²) in [6.45, 7) is 1.19. The number of anilines is 2. The molecule has 1 saturated heterocycles. The number of hydrogen-bond acceptors (Lipinski definition) is 4. The van der Waals surface area contributed by atoms with E-state index in [9.17, 15) is 9.18 Å². The molecule has 2 heterocycles. The normalized spacial score (nSPS) is 15.7. The maximum atomic E-state index is 12.9. The van der Waals surface area contributed by atoms with Gasteiger partial charge in [0, 0.05) is 19.1 Å². The molecule has 116 valence electrons. The Hall–Kier alpha value is -2.41. The number of rotatable bonds is 3. The second kappa shape index (κ2) is 6.15. The average molecular weight is 304 g/mol. The standard InChI is InChI=1S/C15H17FN4O2/c16-11-1-3-12(4-2-11)20-9-13(17)14(19-20)18-15(21)10-5-7-22-8-6-10/h1-4,9-10H,5-8,17H2,(H,18,19,21). The highest BCUT2D eigenvalue weighted by atomic mass is 19.1. The minimum Gasteiger partial charge on any atom is -0.394 e. The summed E-state index contributed by atoms with van der Waals surface area (Å²) in [5, 5.41) is 7.01. The molecule has 0 aliphatic carbocycles. The third-order valence-electron chi connectivity index (χ3n) is 3.67. The second-order valence-electron chi connectivity index (χ2n) is 5.23. The van der Waals surface area contributed by atoms with Crippen LogP contribution >= 0.6 is 0 Å². The van der Waals surface area contributed by atoms with Crippen molar-refractivity contribution in [2.24, 2.45) is 5.92 Å². The molecule has 3 rings (SSSR count). The lowest BCUT2D eigenvalue weighted by molar-refractivity contribution is -0.122. The van der Waals surface area contributed by atoms with Crippen LogP contribution in [-0.2, 0) is 9.53 Å². The number of benzene rings is 1. The van der Waals surface area contributed by atoms with E-state index in [1.165, 1.54) is 16.8 Å². The smallest absolute Gasteiger partial charge is 0.228 e. The fraction of sp³-hybridized carbons (Fsp3) is 0.333. The number of hydrogen-bond donors (Lipinski definition) is 2. The summed E-state index contributed by atoms with van der Waals surface area (Å²) in [6.07, 6.45) is 2.99. The van der Waals surface area contributed by atoms with E-state index in [1.54, 1.807) is 18.3 Å². The van der Waals surface area contributed by atoms with Crippen LogP contribution in [0.15, 0.2) is 30.5 Å². The van der Waals surface area contributed by atoms with Crippen LogP contribution in [0.3, 0.4) is 0 Å². The van der Waals surface area contributed by atoms with Crippen LogP contribution in [0.4, 0.5) is 15.9 Å². The van der Waals surface area contributed by atoms with Gasteiger partial charge in [0.15, 0.2) is 5.82 Å². The van der Waals surface area contributed by atoms with Crippen LogP contribution in [-0.4, -0.2) is 28.9 Å². The SMILES string of the molecule is Nc1cn(-c2ccc(F)cc2)nc1NC(=O)C1CCOCC1. The van der Waals surface area contributed by atoms with E-state index >= 15 is 0 Å². The number of carbonyl (C=O) groups excluding carboxylic acids is 1. The Morgan fingerprint density at radius 1 is 1.32 bits per heavy atom. The number of nitrogens with zero attached hydrogens (tertiary/aromatic N) is 2. The Balaban J connectivity index is 1.74.